The molecule has 0 saturated carbocycles. The molecule has 0 bridgehead atoms. The molecule has 2 nitrogen and oxygen atoms in total. The maximum absolute atomic E-state index is 10.2. The van der Waals surface area contributed by atoms with Crippen LogP contribution in [0.15, 0.2) is 34.9 Å². The summed E-state index contributed by atoms with van der Waals surface area (Å²) in [6.07, 6.45) is 2.33. The van der Waals surface area contributed by atoms with E-state index in [2.05, 4.69) is 0 Å². The zero-order valence-corrected chi connectivity index (χ0v) is 11.4. The van der Waals surface area contributed by atoms with Gasteiger partial charge in [0.25, 0.3) is 0 Å². The average molecular weight is 265 g/mol. The van der Waals surface area contributed by atoms with E-state index in [-0.39, 0.29) is 0 Å². The summed E-state index contributed by atoms with van der Waals surface area (Å²) in [6, 6.07) is 7.71. The Balaban J connectivity index is 2.18. The lowest BCUT2D eigenvalue weighted by molar-refractivity contribution is 0.176. The third kappa shape index (κ3) is 2.77. The number of aliphatic hydroxyl groups is 1. The summed E-state index contributed by atoms with van der Waals surface area (Å²) in [7, 11) is 0. The van der Waals surface area contributed by atoms with E-state index >= 15 is 0 Å². The molecule has 0 spiro atoms. The van der Waals surface area contributed by atoms with Gasteiger partial charge in [-0.25, -0.2) is 0 Å². The Bertz CT molecular complexity index is 531. The van der Waals surface area contributed by atoms with Gasteiger partial charge in [0.15, 0.2) is 0 Å². The molecule has 96 valence electrons. The second kappa shape index (κ2) is 5.59. The number of aryl methyl sites for hydroxylation is 2. The second-order valence-corrected chi connectivity index (χ2v) is 4.87. The molecule has 1 unspecified atom stereocenters. The quantitative estimate of drug-likeness (QED) is 0.903. The average Bonchev–Trinajstić information content (AvgIpc) is 2.81. The topological polar surface area (TPSA) is 33.4 Å². The van der Waals surface area contributed by atoms with E-state index in [1.54, 1.807) is 6.26 Å². The summed E-state index contributed by atoms with van der Waals surface area (Å²) in [5, 5.41) is 11.0. The monoisotopic (exact) mass is 264 g/mol. The van der Waals surface area contributed by atoms with Gasteiger partial charge in [0.05, 0.1) is 12.4 Å². The first-order valence-electron chi connectivity index (χ1n) is 6.11. The van der Waals surface area contributed by atoms with Crippen LogP contribution < -0.4 is 0 Å². The van der Waals surface area contributed by atoms with Gasteiger partial charge in [-0.2, -0.15) is 0 Å². The van der Waals surface area contributed by atoms with Crippen LogP contribution in [0.2, 0.25) is 5.02 Å². The standard InChI is InChI=1S/C15H17ClO2/c1-3-15-12(6-7-18-15)14(17)9-11-5-4-10(2)8-13(11)16/h4-8,14,17H,3,9H2,1-2H3. The van der Waals surface area contributed by atoms with Crippen LogP contribution in [0, 0.1) is 6.92 Å². The molecule has 0 amide bonds. The van der Waals surface area contributed by atoms with Crippen molar-refractivity contribution < 1.29 is 9.52 Å². The summed E-state index contributed by atoms with van der Waals surface area (Å²) in [5.74, 6) is 0.839. The summed E-state index contributed by atoms with van der Waals surface area (Å²) in [6.45, 7) is 4.01. The predicted octanol–water partition coefficient (Wildman–Crippen LogP) is 4.08. The molecule has 2 aromatic rings. The number of hydrogen-bond donors (Lipinski definition) is 1. The van der Waals surface area contributed by atoms with Crippen molar-refractivity contribution in [1.29, 1.82) is 0 Å². The number of hydrogen-bond acceptors (Lipinski definition) is 2. The van der Waals surface area contributed by atoms with E-state index in [0.29, 0.717) is 11.4 Å². The molecular weight excluding hydrogens is 248 g/mol. The van der Waals surface area contributed by atoms with Gasteiger partial charge < -0.3 is 9.52 Å². The minimum atomic E-state index is -0.570. The number of furan rings is 1. The molecule has 0 aliphatic heterocycles. The van der Waals surface area contributed by atoms with Crippen molar-refractivity contribution in [2.24, 2.45) is 0 Å². The number of benzene rings is 1. The van der Waals surface area contributed by atoms with Crippen LogP contribution >= 0.6 is 11.6 Å². The Morgan fingerprint density at radius 3 is 2.78 bits per heavy atom. The number of rotatable bonds is 4. The Kier molecular flexibility index (Phi) is 4.10. The van der Waals surface area contributed by atoms with Crippen molar-refractivity contribution in [2.75, 3.05) is 0 Å². The summed E-state index contributed by atoms with van der Waals surface area (Å²) in [4.78, 5) is 0. The van der Waals surface area contributed by atoms with E-state index < -0.39 is 6.10 Å². The molecule has 1 atom stereocenters. The van der Waals surface area contributed by atoms with Crippen molar-refractivity contribution in [3.05, 3.63) is 58.0 Å². The maximum Gasteiger partial charge on any atom is 0.109 e. The molecule has 0 aliphatic carbocycles. The third-order valence-electron chi connectivity index (χ3n) is 3.08. The van der Waals surface area contributed by atoms with Gasteiger partial charge in [0, 0.05) is 23.4 Å². The van der Waals surface area contributed by atoms with Crippen molar-refractivity contribution in [3.8, 4) is 0 Å². The zero-order valence-electron chi connectivity index (χ0n) is 10.6. The van der Waals surface area contributed by atoms with E-state index in [9.17, 15) is 5.11 Å². The highest BCUT2D eigenvalue weighted by molar-refractivity contribution is 6.31. The molecular formula is C15H17ClO2. The van der Waals surface area contributed by atoms with E-state index in [0.717, 1.165) is 28.9 Å². The minimum absolute atomic E-state index is 0.506. The largest absolute Gasteiger partial charge is 0.469 e. The Labute approximate surface area is 112 Å². The summed E-state index contributed by atoms with van der Waals surface area (Å²) >= 11 is 6.17. The number of aliphatic hydroxyl groups excluding tert-OH is 1. The lowest BCUT2D eigenvalue weighted by atomic mass is 10.0. The van der Waals surface area contributed by atoms with Gasteiger partial charge in [-0.3, -0.25) is 0 Å². The molecule has 0 saturated heterocycles. The molecule has 2 rings (SSSR count). The van der Waals surface area contributed by atoms with Gasteiger partial charge in [-0.1, -0.05) is 30.7 Å². The van der Waals surface area contributed by atoms with Crippen LogP contribution in [0.25, 0.3) is 0 Å². The maximum atomic E-state index is 10.2. The Morgan fingerprint density at radius 2 is 2.11 bits per heavy atom. The molecule has 1 heterocycles. The van der Waals surface area contributed by atoms with Gasteiger partial charge in [0.1, 0.15) is 5.76 Å². The molecule has 1 aromatic heterocycles. The van der Waals surface area contributed by atoms with Gasteiger partial charge in [0.2, 0.25) is 0 Å². The predicted molar refractivity (Wildman–Crippen MR) is 72.9 cm³/mol. The first-order valence-corrected chi connectivity index (χ1v) is 6.49. The molecule has 0 radical (unpaired) electrons. The first-order chi connectivity index (χ1) is 8.61. The smallest absolute Gasteiger partial charge is 0.109 e. The van der Waals surface area contributed by atoms with Crippen molar-refractivity contribution in [1.82, 2.24) is 0 Å². The van der Waals surface area contributed by atoms with E-state index in [4.69, 9.17) is 16.0 Å². The van der Waals surface area contributed by atoms with E-state index in [1.807, 2.05) is 38.1 Å². The molecule has 18 heavy (non-hydrogen) atoms. The fourth-order valence-corrected chi connectivity index (χ4v) is 2.38. The second-order valence-electron chi connectivity index (χ2n) is 4.47. The molecule has 1 N–H and O–H groups in total. The van der Waals surface area contributed by atoms with Crippen LogP contribution in [-0.4, -0.2) is 5.11 Å². The van der Waals surface area contributed by atoms with Crippen LogP contribution in [0.4, 0.5) is 0 Å². The van der Waals surface area contributed by atoms with Crippen molar-refractivity contribution in [2.45, 2.75) is 32.8 Å². The zero-order chi connectivity index (χ0) is 13.1. The minimum Gasteiger partial charge on any atom is -0.469 e. The van der Waals surface area contributed by atoms with Crippen LogP contribution in [0.3, 0.4) is 0 Å². The lowest BCUT2D eigenvalue weighted by Crippen LogP contribution is -2.03. The van der Waals surface area contributed by atoms with Gasteiger partial charge >= 0.3 is 0 Å². The van der Waals surface area contributed by atoms with Crippen LogP contribution in [0.5, 0.6) is 0 Å². The fraction of sp³-hybridized carbons (Fsp3) is 0.333. The lowest BCUT2D eigenvalue weighted by Gasteiger charge is -2.12. The highest BCUT2D eigenvalue weighted by Gasteiger charge is 2.16. The third-order valence-corrected chi connectivity index (χ3v) is 3.43. The molecule has 0 aliphatic rings. The van der Waals surface area contributed by atoms with Gasteiger partial charge in [-0.15, -0.1) is 0 Å². The SMILES string of the molecule is CCc1occc1C(O)Cc1ccc(C)cc1Cl. The van der Waals surface area contributed by atoms with Crippen LogP contribution in [-0.2, 0) is 12.8 Å². The van der Waals surface area contributed by atoms with E-state index in [1.165, 1.54) is 0 Å². The summed E-state index contributed by atoms with van der Waals surface area (Å²) < 4.78 is 5.33. The van der Waals surface area contributed by atoms with Gasteiger partial charge in [-0.05, 0) is 30.2 Å². The Morgan fingerprint density at radius 1 is 1.33 bits per heavy atom. The van der Waals surface area contributed by atoms with Crippen LogP contribution in [0.1, 0.15) is 35.5 Å². The molecule has 3 heteroatoms. The highest BCUT2D eigenvalue weighted by atomic mass is 35.5. The molecule has 0 fully saturated rings. The highest BCUT2D eigenvalue weighted by Crippen LogP contribution is 2.27. The fourth-order valence-electron chi connectivity index (χ4n) is 2.07. The molecule has 1 aromatic carbocycles. The Hall–Kier alpha value is -1.25. The van der Waals surface area contributed by atoms with Crippen molar-refractivity contribution in [3.63, 3.8) is 0 Å². The summed E-state index contributed by atoms with van der Waals surface area (Å²) in [5.41, 5.74) is 2.93. The van der Waals surface area contributed by atoms with Crippen molar-refractivity contribution >= 4 is 11.6 Å². The first kappa shape index (κ1) is 13.2. The normalized spacial score (nSPS) is 12.7. The number of halogens is 1.